The molecule has 11 nitrogen and oxygen atoms in total. The van der Waals surface area contributed by atoms with E-state index in [1.54, 1.807) is 24.3 Å². The number of sulfonamides is 1. The summed E-state index contributed by atoms with van der Waals surface area (Å²) in [6, 6.07) is 23.2. The van der Waals surface area contributed by atoms with Crippen molar-refractivity contribution in [3.63, 3.8) is 0 Å². The lowest BCUT2D eigenvalue weighted by Gasteiger charge is -2.21. The van der Waals surface area contributed by atoms with Crippen LogP contribution in [0.15, 0.2) is 99.3 Å². The first-order chi connectivity index (χ1) is 21.5. The van der Waals surface area contributed by atoms with Crippen molar-refractivity contribution < 1.29 is 27.2 Å². The van der Waals surface area contributed by atoms with Gasteiger partial charge in [-0.2, -0.15) is 9.41 Å². The van der Waals surface area contributed by atoms with Gasteiger partial charge in [-0.3, -0.25) is 14.4 Å². The van der Waals surface area contributed by atoms with Crippen LogP contribution in [-0.4, -0.2) is 49.7 Å². The van der Waals surface area contributed by atoms with Crippen molar-refractivity contribution in [2.75, 3.05) is 18.4 Å². The second-order valence-corrected chi connectivity index (χ2v) is 12.6. The first-order valence-electron chi connectivity index (χ1n) is 13.6. The molecule has 0 saturated carbocycles. The Morgan fingerprint density at radius 2 is 1.60 bits per heavy atom. The molecule has 3 amide bonds. The predicted octanol–water partition coefficient (Wildman–Crippen LogP) is 4.53. The van der Waals surface area contributed by atoms with E-state index < -0.39 is 34.3 Å². The van der Waals surface area contributed by atoms with Crippen molar-refractivity contribution in [2.45, 2.75) is 24.8 Å². The van der Waals surface area contributed by atoms with E-state index in [9.17, 15) is 22.8 Å². The Kier molecular flexibility index (Phi) is 11.5. The molecule has 4 aromatic rings. The third-order valence-electron chi connectivity index (χ3n) is 6.28. The summed E-state index contributed by atoms with van der Waals surface area (Å²) < 4.78 is 33.4. The molecular weight excluding hydrogens is 641 g/mol. The molecule has 0 spiro atoms. The van der Waals surface area contributed by atoms with Crippen molar-refractivity contribution in [3.05, 3.63) is 118 Å². The van der Waals surface area contributed by atoms with Gasteiger partial charge in [0.2, 0.25) is 10.0 Å². The number of benzene rings is 3. The third kappa shape index (κ3) is 10.0. The third-order valence-corrected chi connectivity index (χ3v) is 8.58. The zero-order valence-corrected chi connectivity index (χ0v) is 26.3. The van der Waals surface area contributed by atoms with E-state index in [-0.39, 0.29) is 29.4 Å². The lowest BCUT2D eigenvalue weighted by molar-refractivity contribution is -0.136. The van der Waals surface area contributed by atoms with Crippen LogP contribution in [0.4, 0.5) is 5.69 Å². The number of aryl methyl sites for hydroxylation is 1. The Morgan fingerprint density at radius 3 is 2.29 bits per heavy atom. The maximum atomic E-state index is 13.4. The molecule has 1 heterocycles. The fourth-order valence-corrected chi connectivity index (χ4v) is 5.95. The van der Waals surface area contributed by atoms with Crippen LogP contribution in [0.2, 0.25) is 10.0 Å². The van der Waals surface area contributed by atoms with Gasteiger partial charge >= 0.3 is 11.8 Å². The molecule has 0 radical (unpaired) electrons. The molecule has 0 unspecified atom stereocenters. The smallest absolute Gasteiger partial charge is 0.313 e. The zero-order valence-electron chi connectivity index (χ0n) is 24.0. The molecule has 234 valence electrons. The highest BCUT2D eigenvalue weighted by atomic mass is 35.5. The molecule has 45 heavy (non-hydrogen) atoms. The number of nitrogens with one attached hydrogen (secondary N) is 3. The topological polar surface area (TPSA) is 150 Å². The Morgan fingerprint density at radius 1 is 0.911 bits per heavy atom. The molecular formula is C31H29Cl2N5O6S. The summed E-state index contributed by atoms with van der Waals surface area (Å²) in [7, 11) is -3.97. The van der Waals surface area contributed by atoms with Crippen LogP contribution >= 0.6 is 23.2 Å². The van der Waals surface area contributed by atoms with Gasteiger partial charge in [-0.05, 0) is 61.4 Å². The van der Waals surface area contributed by atoms with Crippen LogP contribution < -0.4 is 16.1 Å². The lowest BCUT2D eigenvalue weighted by atomic mass is 10.1. The average Bonchev–Trinajstić information content (AvgIpc) is 3.45. The maximum Gasteiger partial charge on any atom is 0.313 e. The van der Waals surface area contributed by atoms with Crippen molar-refractivity contribution >= 4 is 62.8 Å². The SMILES string of the molecule is Cc1ccc(S(=O)(=O)N(CCc2ccccc2)CC(=O)N/N=C\c2ccc(CNC(=O)C(=O)Nc3cc(Cl)cc(Cl)c3)o2)cc1. The maximum absolute atomic E-state index is 13.4. The standard InChI is InChI=1S/C31H29Cl2N5O6S/c1-21-7-11-28(12-8-21)45(42,43)38(14-13-22-5-3-2-4-6-22)20-29(39)37-35-19-27-10-9-26(44-27)18-34-30(40)31(41)36-25-16-23(32)15-24(33)17-25/h2-12,15-17,19H,13-14,18,20H2,1H3,(H,34,40)(H,36,41)(H,37,39)/b35-19-. The zero-order chi connectivity index (χ0) is 32.4. The second-order valence-electron chi connectivity index (χ2n) is 9.78. The molecule has 3 N–H and O–H groups in total. The molecule has 3 aromatic carbocycles. The number of carbonyl (C=O) groups is 3. The number of amides is 3. The molecule has 0 saturated heterocycles. The molecule has 0 aliphatic carbocycles. The fraction of sp³-hybridized carbons (Fsp3) is 0.161. The van der Waals surface area contributed by atoms with Crippen LogP contribution in [0.1, 0.15) is 22.6 Å². The predicted molar refractivity (Wildman–Crippen MR) is 171 cm³/mol. The first kappa shape index (κ1) is 33.4. The van der Waals surface area contributed by atoms with Crippen LogP contribution in [0.3, 0.4) is 0 Å². The van der Waals surface area contributed by atoms with E-state index in [0.29, 0.717) is 22.2 Å². The normalized spacial score (nSPS) is 11.5. The Balaban J connectivity index is 1.31. The van der Waals surface area contributed by atoms with Crippen LogP contribution in [0.5, 0.6) is 0 Å². The number of hydrogen-bond donors (Lipinski definition) is 3. The Bertz CT molecular complexity index is 1770. The van der Waals surface area contributed by atoms with Gasteiger partial charge < -0.3 is 15.1 Å². The molecule has 0 aliphatic heterocycles. The highest BCUT2D eigenvalue weighted by Crippen LogP contribution is 2.22. The summed E-state index contributed by atoms with van der Waals surface area (Å²) in [4.78, 5) is 37.2. The lowest BCUT2D eigenvalue weighted by Crippen LogP contribution is -2.40. The van der Waals surface area contributed by atoms with Gasteiger partial charge in [-0.25, -0.2) is 13.8 Å². The van der Waals surface area contributed by atoms with Gasteiger partial charge in [0.1, 0.15) is 11.5 Å². The van der Waals surface area contributed by atoms with E-state index in [4.69, 9.17) is 27.6 Å². The highest BCUT2D eigenvalue weighted by molar-refractivity contribution is 7.89. The van der Waals surface area contributed by atoms with Crippen molar-refractivity contribution in [1.29, 1.82) is 0 Å². The number of halogens is 2. The van der Waals surface area contributed by atoms with Gasteiger partial charge in [0, 0.05) is 22.3 Å². The number of furan rings is 1. The number of hydrazone groups is 1. The molecule has 0 bridgehead atoms. The molecule has 14 heteroatoms. The quantitative estimate of drug-likeness (QED) is 0.115. The Hall–Kier alpha value is -4.49. The minimum atomic E-state index is -3.97. The highest BCUT2D eigenvalue weighted by Gasteiger charge is 2.26. The second kappa shape index (κ2) is 15.5. The van der Waals surface area contributed by atoms with E-state index in [1.807, 2.05) is 37.3 Å². The van der Waals surface area contributed by atoms with Crippen molar-refractivity contribution in [3.8, 4) is 0 Å². The van der Waals surface area contributed by atoms with Gasteiger partial charge in [0.05, 0.1) is 24.2 Å². The van der Waals surface area contributed by atoms with Crippen LogP contribution in [-0.2, 0) is 37.4 Å². The molecule has 1 aromatic heterocycles. The van der Waals surface area contributed by atoms with E-state index in [2.05, 4.69) is 21.2 Å². The summed E-state index contributed by atoms with van der Waals surface area (Å²) in [6.45, 7) is 1.37. The summed E-state index contributed by atoms with van der Waals surface area (Å²) in [6.07, 6.45) is 1.63. The Labute approximate surface area is 270 Å². The summed E-state index contributed by atoms with van der Waals surface area (Å²) in [5.74, 6) is -1.94. The molecule has 0 aliphatic rings. The van der Waals surface area contributed by atoms with Crippen molar-refractivity contribution in [1.82, 2.24) is 15.0 Å². The van der Waals surface area contributed by atoms with E-state index >= 15 is 0 Å². The summed E-state index contributed by atoms with van der Waals surface area (Å²) in [5, 5.41) is 9.29. The number of hydrogen-bond acceptors (Lipinski definition) is 7. The summed E-state index contributed by atoms with van der Waals surface area (Å²) >= 11 is 11.8. The van der Waals surface area contributed by atoms with E-state index in [1.165, 1.54) is 36.5 Å². The van der Waals surface area contributed by atoms with Gasteiger partial charge in [-0.15, -0.1) is 0 Å². The minimum absolute atomic E-state index is 0.0789. The van der Waals surface area contributed by atoms with Crippen molar-refractivity contribution in [2.24, 2.45) is 5.10 Å². The monoisotopic (exact) mass is 669 g/mol. The molecule has 0 atom stereocenters. The number of carbonyl (C=O) groups excluding carboxylic acids is 3. The minimum Gasteiger partial charge on any atom is -0.458 e. The number of anilines is 1. The summed E-state index contributed by atoms with van der Waals surface area (Å²) in [5.41, 5.74) is 4.42. The number of rotatable bonds is 12. The van der Waals surface area contributed by atoms with Crippen LogP contribution in [0.25, 0.3) is 0 Å². The van der Waals surface area contributed by atoms with Crippen LogP contribution in [0, 0.1) is 6.92 Å². The van der Waals surface area contributed by atoms with Gasteiger partial charge in [0.25, 0.3) is 5.91 Å². The van der Waals surface area contributed by atoms with Gasteiger partial charge in [0.15, 0.2) is 0 Å². The first-order valence-corrected chi connectivity index (χ1v) is 15.8. The fourth-order valence-electron chi connectivity index (χ4n) is 4.03. The largest absolute Gasteiger partial charge is 0.458 e. The molecule has 0 fully saturated rings. The average molecular weight is 671 g/mol. The number of nitrogens with zero attached hydrogens (tertiary/aromatic N) is 2. The van der Waals surface area contributed by atoms with E-state index in [0.717, 1.165) is 15.4 Å². The van der Waals surface area contributed by atoms with Gasteiger partial charge in [-0.1, -0.05) is 71.2 Å². The molecule has 4 rings (SSSR count).